The minimum atomic E-state index is -1.05. The SMILES string of the molecule is O=C(O)C(Cc1c(Cl)cccc1Cl)c1cccc(F)c1. The lowest BCUT2D eigenvalue weighted by molar-refractivity contribution is -0.138. The summed E-state index contributed by atoms with van der Waals surface area (Å²) in [6.45, 7) is 0. The number of benzene rings is 2. The molecule has 2 aromatic carbocycles. The topological polar surface area (TPSA) is 37.3 Å². The maximum atomic E-state index is 13.2. The number of hydrogen-bond donors (Lipinski definition) is 1. The van der Waals surface area contributed by atoms with Crippen molar-refractivity contribution >= 4 is 29.2 Å². The number of carboxylic acids is 1. The Morgan fingerprint density at radius 1 is 1.15 bits per heavy atom. The molecule has 0 aliphatic rings. The Morgan fingerprint density at radius 2 is 1.75 bits per heavy atom. The molecule has 1 unspecified atom stereocenters. The molecular weight excluding hydrogens is 302 g/mol. The second-order valence-corrected chi connectivity index (χ2v) is 5.16. The van der Waals surface area contributed by atoms with Gasteiger partial charge in [-0.25, -0.2) is 4.39 Å². The van der Waals surface area contributed by atoms with Crippen LogP contribution in [-0.2, 0) is 11.2 Å². The molecular formula is C15H11Cl2FO2. The molecule has 0 fully saturated rings. The van der Waals surface area contributed by atoms with Crippen molar-refractivity contribution in [2.75, 3.05) is 0 Å². The van der Waals surface area contributed by atoms with E-state index in [1.165, 1.54) is 18.2 Å². The van der Waals surface area contributed by atoms with Crippen molar-refractivity contribution in [2.24, 2.45) is 0 Å². The van der Waals surface area contributed by atoms with E-state index in [0.717, 1.165) is 0 Å². The van der Waals surface area contributed by atoms with Crippen molar-refractivity contribution < 1.29 is 14.3 Å². The fraction of sp³-hybridized carbons (Fsp3) is 0.133. The van der Waals surface area contributed by atoms with Gasteiger partial charge in [-0.1, -0.05) is 41.4 Å². The Balaban J connectivity index is 2.38. The zero-order valence-electron chi connectivity index (χ0n) is 10.3. The first-order valence-corrected chi connectivity index (χ1v) is 6.66. The highest BCUT2D eigenvalue weighted by molar-refractivity contribution is 6.36. The number of hydrogen-bond acceptors (Lipinski definition) is 1. The average Bonchev–Trinajstić information content (AvgIpc) is 2.38. The molecule has 104 valence electrons. The van der Waals surface area contributed by atoms with Crippen molar-refractivity contribution in [1.82, 2.24) is 0 Å². The van der Waals surface area contributed by atoms with Gasteiger partial charge in [0.25, 0.3) is 0 Å². The lowest BCUT2D eigenvalue weighted by Gasteiger charge is -2.15. The molecule has 0 amide bonds. The highest BCUT2D eigenvalue weighted by Gasteiger charge is 2.23. The molecule has 1 N–H and O–H groups in total. The van der Waals surface area contributed by atoms with E-state index in [1.54, 1.807) is 24.3 Å². The van der Waals surface area contributed by atoms with Crippen LogP contribution in [-0.4, -0.2) is 11.1 Å². The van der Waals surface area contributed by atoms with Crippen LogP contribution in [0.2, 0.25) is 10.0 Å². The molecule has 5 heteroatoms. The quantitative estimate of drug-likeness (QED) is 0.899. The van der Waals surface area contributed by atoms with E-state index in [1.807, 2.05) is 0 Å². The summed E-state index contributed by atoms with van der Waals surface area (Å²) in [5, 5.41) is 10.2. The van der Waals surface area contributed by atoms with E-state index in [9.17, 15) is 14.3 Å². The Kier molecular flexibility index (Phi) is 4.63. The van der Waals surface area contributed by atoms with Gasteiger partial charge in [0.1, 0.15) is 5.82 Å². The second kappa shape index (κ2) is 6.25. The monoisotopic (exact) mass is 312 g/mol. The third kappa shape index (κ3) is 3.30. The van der Waals surface area contributed by atoms with E-state index >= 15 is 0 Å². The normalized spacial score (nSPS) is 12.2. The van der Waals surface area contributed by atoms with Crippen molar-refractivity contribution in [2.45, 2.75) is 12.3 Å². The van der Waals surface area contributed by atoms with Crippen LogP contribution in [0.3, 0.4) is 0 Å². The zero-order chi connectivity index (χ0) is 14.7. The van der Waals surface area contributed by atoms with Crippen LogP contribution >= 0.6 is 23.2 Å². The van der Waals surface area contributed by atoms with Gasteiger partial charge in [0.05, 0.1) is 5.92 Å². The highest BCUT2D eigenvalue weighted by Crippen LogP contribution is 2.30. The molecule has 0 aliphatic carbocycles. The van der Waals surface area contributed by atoms with Crippen molar-refractivity contribution in [3.05, 3.63) is 69.5 Å². The fourth-order valence-corrected chi connectivity index (χ4v) is 2.55. The van der Waals surface area contributed by atoms with Crippen molar-refractivity contribution in [1.29, 1.82) is 0 Å². The van der Waals surface area contributed by atoms with Crippen LogP contribution in [0.25, 0.3) is 0 Å². The molecule has 0 aliphatic heterocycles. The Morgan fingerprint density at radius 3 is 2.30 bits per heavy atom. The molecule has 1 atom stereocenters. The standard InChI is InChI=1S/C15H11Cl2FO2/c16-13-5-2-6-14(17)12(13)8-11(15(19)20)9-3-1-4-10(18)7-9/h1-7,11H,8H2,(H,19,20). The number of halogens is 3. The first-order valence-electron chi connectivity index (χ1n) is 5.90. The van der Waals surface area contributed by atoms with E-state index in [4.69, 9.17) is 23.2 Å². The Labute approximate surface area is 125 Å². The first-order chi connectivity index (χ1) is 9.49. The lowest BCUT2D eigenvalue weighted by Crippen LogP contribution is -2.15. The molecule has 0 bridgehead atoms. The van der Waals surface area contributed by atoms with Gasteiger partial charge in [-0.15, -0.1) is 0 Å². The maximum absolute atomic E-state index is 13.2. The molecule has 20 heavy (non-hydrogen) atoms. The second-order valence-electron chi connectivity index (χ2n) is 4.35. The van der Waals surface area contributed by atoms with Gasteiger partial charge in [0.2, 0.25) is 0 Å². The van der Waals surface area contributed by atoms with E-state index < -0.39 is 17.7 Å². The van der Waals surface area contributed by atoms with Crippen LogP contribution in [0, 0.1) is 5.82 Å². The third-order valence-electron chi connectivity index (χ3n) is 3.02. The predicted octanol–water partition coefficient (Wildman–Crippen LogP) is 4.54. The lowest BCUT2D eigenvalue weighted by atomic mass is 9.92. The van der Waals surface area contributed by atoms with Crippen molar-refractivity contribution in [3.63, 3.8) is 0 Å². The van der Waals surface area contributed by atoms with Gasteiger partial charge in [0.15, 0.2) is 0 Å². The van der Waals surface area contributed by atoms with Crippen LogP contribution < -0.4 is 0 Å². The van der Waals surface area contributed by atoms with Crippen molar-refractivity contribution in [3.8, 4) is 0 Å². The Hall–Kier alpha value is -1.58. The summed E-state index contributed by atoms with van der Waals surface area (Å²) in [4.78, 5) is 11.4. The highest BCUT2D eigenvalue weighted by atomic mass is 35.5. The maximum Gasteiger partial charge on any atom is 0.311 e. The summed E-state index contributed by atoms with van der Waals surface area (Å²) in [5.41, 5.74) is 0.931. The van der Waals surface area contributed by atoms with E-state index in [0.29, 0.717) is 21.2 Å². The van der Waals surface area contributed by atoms with Gasteiger partial charge in [-0.2, -0.15) is 0 Å². The summed E-state index contributed by atoms with van der Waals surface area (Å²) >= 11 is 12.1. The molecule has 0 spiro atoms. The van der Waals surface area contributed by atoms with Crippen LogP contribution in [0.5, 0.6) is 0 Å². The van der Waals surface area contributed by atoms with Gasteiger partial charge in [-0.3, -0.25) is 4.79 Å². The first kappa shape index (κ1) is 14.8. The largest absolute Gasteiger partial charge is 0.481 e. The minimum Gasteiger partial charge on any atom is -0.481 e. The number of rotatable bonds is 4. The van der Waals surface area contributed by atoms with Crippen LogP contribution in [0.4, 0.5) is 4.39 Å². The summed E-state index contributed by atoms with van der Waals surface area (Å²) in [5.74, 6) is -2.42. The summed E-state index contributed by atoms with van der Waals surface area (Å²) in [7, 11) is 0. The summed E-state index contributed by atoms with van der Waals surface area (Å²) < 4.78 is 13.2. The fourth-order valence-electron chi connectivity index (χ4n) is 2.00. The van der Waals surface area contributed by atoms with E-state index in [-0.39, 0.29) is 6.42 Å². The van der Waals surface area contributed by atoms with Gasteiger partial charge < -0.3 is 5.11 Å². The summed E-state index contributed by atoms with van der Waals surface area (Å²) in [6, 6.07) is 10.5. The third-order valence-corrected chi connectivity index (χ3v) is 3.73. The van der Waals surface area contributed by atoms with E-state index in [2.05, 4.69) is 0 Å². The smallest absolute Gasteiger partial charge is 0.311 e. The summed E-state index contributed by atoms with van der Waals surface area (Å²) in [6.07, 6.45) is 0.108. The molecule has 2 aromatic rings. The minimum absolute atomic E-state index is 0.108. The molecule has 2 rings (SSSR count). The molecule has 0 heterocycles. The average molecular weight is 313 g/mol. The molecule has 0 saturated heterocycles. The molecule has 0 radical (unpaired) electrons. The molecule has 0 aromatic heterocycles. The van der Waals surface area contributed by atoms with Gasteiger partial charge in [0, 0.05) is 10.0 Å². The predicted molar refractivity (Wildman–Crippen MR) is 76.9 cm³/mol. The number of aliphatic carboxylic acids is 1. The van der Waals surface area contributed by atoms with Gasteiger partial charge in [-0.05, 0) is 41.8 Å². The van der Waals surface area contributed by atoms with Crippen LogP contribution in [0.1, 0.15) is 17.0 Å². The van der Waals surface area contributed by atoms with Crippen LogP contribution in [0.15, 0.2) is 42.5 Å². The molecule has 2 nitrogen and oxygen atoms in total. The van der Waals surface area contributed by atoms with Gasteiger partial charge >= 0.3 is 5.97 Å². The molecule has 0 saturated carbocycles. The number of carboxylic acid groups (broad SMARTS) is 1. The Bertz CT molecular complexity index is 623. The zero-order valence-corrected chi connectivity index (χ0v) is 11.8. The number of carbonyl (C=O) groups is 1.